The van der Waals surface area contributed by atoms with E-state index in [4.69, 9.17) is 9.26 Å². The zero-order valence-corrected chi connectivity index (χ0v) is 15.8. The van der Waals surface area contributed by atoms with E-state index in [1.807, 2.05) is 43.3 Å². The molecule has 0 saturated carbocycles. The van der Waals surface area contributed by atoms with E-state index in [1.54, 1.807) is 6.20 Å². The van der Waals surface area contributed by atoms with Crippen LogP contribution in [0, 0.1) is 12.8 Å². The van der Waals surface area contributed by atoms with Gasteiger partial charge in [-0.1, -0.05) is 29.4 Å². The Morgan fingerprint density at radius 2 is 1.93 bits per heavy atom. The van der Waals surface area contributed by atoms with Gasteiger partial charge in [-0.3, -0.25) is 0 Å². The smallest absolute Gasteiger partial charge is 0.259 e. The Bertz CT molecular complexity index is 885. The molecule has 1 saturated heterocycles. The van der Waals surface area contributed by atoms with Gasteiger partial charge in [0.05, 0.1) is 5.56 Å². The summed E-state index contributed by atoms with van der Waals surface area (Å²) < 4.78 is 10.9. The number of benzene rings is 1. The van der Waals surface area contributed by atoms with Crippen LogP contribution in [0.1, 0.15) is 18.4 Å². The van der Waals surface area contributed by atoms with Crippen LogP contribution in [0.2, 0.25) is 0 Å². The molecule has 140 valence electrons. The third-order valence-corrected chi connectivity index (χ3v) is 5.07. The van der Waals surface area contributed by atoms with Crippen molar-refractivity contribution in [3.05, 3.63) is 48.2 Å². The molecule has 3 aromatic rings. The van der Waals surface area contributed by atoms with E-state index in [2.05, 4.69) is 27.1 Å². The van der Waals surface area contributed by atoms with E-state index in [0.717, 1.165) is 55.1 Å². The molecule has 0 amide bonds. The number of anilines is 1. The van der Waals surface area contributed by atoms with Gasteiger partial charge in [-0.2, -0.15) is 4.98 Å². The van der Waals surface area contributed by atoms with Gasteiger partial charge in [-0.15, -0.1) is 0 Å². The van der Waals surface area contributed by atoms with Crippen LogP contribution in [0.3, 0.4) is 0 Å². The SMILES string of the molecule is Cc1ccccc1-c1noc(-c2ccc(N(C)CC3CCOCC3)nc2)n1. The summed E-state index contributed by atoms with van der Waals surface area (Å²) >= 11 is 0. The predicted octanol–water partition coefficient (Wildman–Crippen LogP) is 3.97. The first kappa shape index (κ1) is 17.7. The Labute approximate surface area is 159 Å². The topological polar surface area (TPSA) is 64.3 Å². The molecule has 27 heavy (non-hydrogen) atoms. The highest BCUT2D eigenvalue weighted by Gasteiger charge is 2.17. The number of nitrogens with zero attached hydrogens (tertiary/aromatic N) is 4. The van der Waals surface area contributed by atoms with Crippen LogP contribution in [-0.4, -0.2) is 41.9 Å². The van der Waals surface area contributed by atoms with Gasteiger partial charge in [-0.05, 0) is 43.4 Å². The average Bonchev–Trinajstić information content (AvgIpc) is 3.19. The van der Waals surface area contributed by atoms with Crippen molar-refractivity contribution in [2.45, 2.75) is 19.8 Å². The summed E-state index contributed by atoms with van der Waals surface area (Å²) in [7, 11) is 2.08. The first-order chi connectivity index (χ1) is 13.2. The number of ether oxygens (including phenoxy) is 1. The van der Waals surface area contributed by atoms with Crippen LogP contribution in [-0.2, 0) is 4.74 Å². The molecule has 4 rings (SSSR count). The normalized spacial score (nSPS) is 15.0. The second-order valence-corrected chi connectivity index (χ2v) is 7.08. The minimum atomic E-state index is 0.486. The van der Waals surface area contributed by atoms with Gasteiger partial charge in [0.1, 0.15) is 5.82 Å². The maximum Gasteiger partial charge on any atom is 0.259 e. The average molecular weight is 364 g/mol. The summed E-state index contributed by atoms with van der Waals surface area (Å²) in [5.41, 5.74) is 2.92. The zero-order chi connectivity index (χ0) is 18.6. The number of hydrogen-bond donors (Lipinski definition) is 0. The summed E-state index contributed by atoms with van der Waals surface area (Å²) in [5, 5.41) is 4.12. The second-order valence-electron chi connectivity index (χ2n) is 7.08. The molecule has 0 atom stereocenters. The summed E-state index contributed by atoms with van der Waals surface area (Å²) in [5.74, 6) is 2.70. The highest BCUT2D eigenvalue weighted by molar-refractivity contribution is 5.62. The molecule has 1 aliphatic rings. The molecule has 1 fully saturated rings. The van der Waals surface area contributed by atoms with Gasteiger partial charge < -0.3 is 14.2 Å². The van der Waals surface area contributed by atoms with Crippen LogP contribution in [0.5, 0.6) is 0 Å². The quantitative estimate of drug-likeness (QED) is 0.682. The Hall–Kier alpha value is -2.73. The maximum absolute atomic E-state index is 5.45. The Morgan fingerprint density at radius 3 is 2.67 bits per heavy atom. The lowest BCUT2D eigenvalue weighted by molar-refractivity contribution is 0.0685. The first-order valence-corrected chi connectivity index (χ1v) is 9.36. The summed E-state index contributed by atoms with van der Waals surface area (Å²) in [6.45, 7) is 4.76. The van der Waals surface area contributed by atoms with Gasteiger partial charge in [0.2, 0.25) is 5.82 Å². The van der Waals surface area contributed by atoms with Gasteiger partial charge in [0.15, 0.2) is 0 Å². The van der Waals surface area contributed by atoms with Gasteiger partial charge in [0.25, 0.3) is 5.89 Å². The van der Waals surface area contributed by atoms with Crippen molar-refractivity contribution in [3.8, 4) is 22.8 Å². The summed E-state index contributed by atoms with van der Waals surface area (Å²) in [6.07, 6.45) is 4.03. The lowest BCUT2D eigenvalue weighted by Gasteiger charge is -2.27. The standard InChI is InChI=1S/C21H24N4O2/c1-15-5-3-4-6-18(15)20-23-21(27-24-20)17-7-8-19(22-13-17)25(2)14-16-9-11-26-12-10-16/h3-8,13,16H,9-12,14H2,1-2H3. The lowest BCUT2D eigenvalue weighted by atomic mass is 10.00. The maximum atomic E-state index is 5.45. The fourth-order valence-electron chi connectivity index (χ4n) is 3.42. The molecule has 0 radical (unpaired) electrons. The minimum absolute atomic E-state index is 0.486. The number of aryl methyl sites for hydroxylation is 1. The van der Waals surface area contributed by atoms with Gasteiger partial charge in [0, 0.05) is 38.6 Å². The van der Waals surface area contributed by atoms with E-state index in [0.29, 0.717) is 17.6 Å². The van der Waals surface area contributed by atoms with E-state index >= 15 is 0 Å². The van der Waals surface area contributed by atoms with Crippen LogP contribution >= 0.6 is 0 Å². The van der Waals surface area contributed by atoms with Crippen molar-refractivity contribution in [1.29, 1.82) is 0 Å². The van der Waals surface area contributed by atoms with Crippen molar-refractivity contribution >= 4 is 5.82 Å². The van der Waals surface area contributed by atoms with E-state index in [1.165, 1.54) is 0 Å². The van der Waals surface area contributed by atoms with Crippen LogP contribution < -0.4 is 4.90 Å². The highest BCUT2D eigenvalue weighted by Crippen LogP contribution is 2.25. The highest BCUT2D eigenvalue weighted by atomic mass is 16.5. The van der Waals surface area contributed by atoms with Crippen LogP contribution in [0.25, 0.3) is 22.8 Å². The molecule has 6 heteroatoms. The molecule has 1 aromatic carbocycles. The molecule has 0 bridgehead atoms. The Morgan fingerprint density at radius 1 is 1.11 bits per heavy atom. The Balaban J connectivity index is 1.47. The molecule has 0 aliphatic carbocycles. The van der Waals surface area contributed by atoms with Crippen molar-refractivity contribution in [3.63, 3.8) is 0 Å². The second kappa shape index (κ2) is 7.88. The lowest BCUT2D eigenvalue weighted by Crippen LogP contribution is -2.29. The third-order valence-electron chi connectivity index (χ3n) is 5.07. The van der Waals surface area contributed by atoms with Crippen molar-refractivity contribution in [2.75, 3.05) is 31.7 Å². The number of pyridine rings is 1. The number of aromatic nitrogens is 3. The van der Waals surface area contributed by atoms with Crippen molar-refractivity contribution in [1.82, 2.24) is 15.1 Å². The fraction of sp³-hybridized carbons (Fsp3) is 0.381. The van der Waals surface area contributed by atoms with Crippen LogP contribution in [0.15, 0.2) is 47.1 Å². The largest absolute Gasteiger partial charge is 0.381 e. The molecule has 3 heterocycles. The Kier molecular flexibility index (Phi) is 5.16. The molecule has 0 spiro atoms. The summed E-state index contributed by atoms with van der Waals surface area (Å²) in [4.78, 5) is 11.3. The van der Waals surface area contributed by atoms with E-state index in [9.17, 15) is 0 Å². The molecular weight excluding hydrogens is 340 g/mol. The zero-order valence-electron chi connectivity index (χ0n) is 15.8. The number of hydrogen-bond acceptors (Lipinski definition) is 6. The number of rotatable bonds is 5. The molecule has 6 nitrogen and oxygen atoms in total. The van der Waals surface area contributed by atoms with Gasteiger partial charge in [-0.25, -0.2) is 4.98 Å². The predicted molar refractivity (Wildman–Crippen MR) is 105 cm³/mol. The van der Waals surface area contributed by atoms with E-state index in [-0.39, 0.29) is 0 Å². The molecule has 2 aromatic heterocycles. The molecule has 0 unspecified atom stereocenters. The molecule has 1 aliphatic heterocycles. The molecule has 0 N–H and O–H groups in total. The fourth-order valence-corrected chi connectivity index (χ4v) is 3.42. The minimum Gasteiger partial charge on any atom is -0.381 e. The summed E-state index contributed by atoms with van der Waals surface area (Å²) in [6, 6.07) is 12.0. The van der Waals surface area contributed by atoms with Crippen molar-refractivity contribution in [2.24, 2.45) is 5.92 Å². The monoisotopic (exact) mass is 364 g/mol. The van der Waals surface area contributed by atoms with Crippen molar-refractivity contribution < 1.29 is 9.26 Å². The molecular formula is C21H24N4O2. The van der Waals surface area contributed by atoms with Crippen LogP contribution in [0.4, 0.5) is 5.82 Å². The first-order valence-electron chi connectivity index (χ1n) is 9.36. The van der Waals surface area contributed by atoms with Gasteiger partial charge >= 0.3 is 0 Å². The third kappa shape index (κ3) is 4.01. The van der Waals surface area contributed by atoms with E-state index < -0.39 is 0 Å².